The lowest BCUT2D eigenvalue weighted by molar-refractivity contribution is 0.420. The fourth-order valence-electron chi connectivity index (χ4n) is 3.99. The number of methoxy groups -OCH3 is 1. The van der Waals surface area contributed by atoms with Crippen molar-refractivity contribution in [1.29, 1.82) is 0 Å². The molecule has 0 radical (unpaired) electrons. The molecule has 0 atom stereocenters. The van der Waals surface area contributed by atoms with Crippen LogP contribution in [0.15, 0.2) is 73.3 Å². The fraction of sp³-hybridized carbons (Fsp3) is 0.160. The molecule has 0 saturated heterocycles. The summed E-state index contributed by atoms with van der Waals surface area (Å²) in [6.07, 6.45) is 5.17. The first-order valence-corrected chi connectivity index (χ1v) is 10.5. The van der Waals surface area contributed by atoms with Crippen LogP contribution in [0.2, 0.25) is 0 Å². The van der Waals surface area contributed by atoms with Gasteiger partial charge in [-0.1, -0.05) is 30.3 Å². The Hall–Kier alpha value is -4.13. The summed E-state index contributed by atoms with van der Waals surface area (Å²) in [5, 5.41) is 4.56. The summed E-state index contributed by atoms with van der Waals surface area (Å²) in [4.78, 5) is 16.2. The van der Waals surface area contributed by atoms with Gasteiger partial charge in [-0.25, -0.2) is 15.0 Å². The predicted octanol–water partition coefficient (Wildman–Crippen LogP) is 4.92. The van der Waals surface area contributed by atoms with E-state index in [1.165, 1.54) is 11.2 Å². The minimum Gasteiger partial charge on any atom is -0.496 e. The zero-order valence-corrected chi connectivity index (χ0v) is 18.0. The Labute approximate surface area is 186 Å². The lowest BCUT2D eigenvalue weighted by atomic mass is 10.1. The third kappa shape index (κ3) is 3.80. The van der Waals surface area contributed by atoms with Crippen LogP contribution in [-0.2, 0) is 6.54 Å². The van der Waals surface area contributed by atoms with E-state index >= 15 is 0 Å². The number of hydrogen-bond acceptors (Lipinski definition) is 5. The molecule has 0 amide bonds. The van der Waals surface area contributed by atoms with Gasteiger partial charge < -0.3 is 19.6 Å². The van der Waals surface area contributed by atoms with E-state index in [2.05, 4.69) is 48.9 Å². The van der Waals surface area contributed by atoms with Crippen molar-refractivity contribution in [3.63, 3.8) is 0 Å². The van der Waals surface area contributed by atoms with Gasteiger partial charge in [0.1, 0.15) is 23.7 Å². The monoisotopic (exact) mass is 424 g/mol. The minimum atomic E-state index is 0.746. The number of nitrogens with one attached hydrogen (secondary N) is 2. The Kier molecular flexibility index (Phi) is 5.29. The number of nitrogens with zero attached hydrogens (tertiary/aromatic N) is 4. The molecule has 0 aliphatic heterocycles. The van der Waals surface area contributed by atoms with Crippen LogP contribution in [0.5, 0.6) is 5.75 Å². The van der Waals surface area contributed by atoms with Crippen LogP contribution in [-0.4, -0.2) is 38.2 Å². The highest BCUT2D eigenvalue weighted by Gasteiger charge is 2.10. The summed E-state index contributed by atoms with van der Waals surface area (Å²) < 4.78 is 7.79. The molecule has 7 nitrogen and oxygen atoms in total. The SMILES string of the molecule is COc1cccc2c1cc(C)n2CCNc1cc(-c2ccc(-c3ncc[nH]3)cc2)ncn1. The molecule has 32 heavy (non-hydrogen) atoms. The average Bonchev–Trinajstić information content (AvgIpc) is 3.48. The van der Waals surface area contributed by atoms with E-state index < -0.39 is 0 Å². The number of aromatic nitrogens is 5. The van der Waals surface area contributed by atoms with E-state index in [1.54, 1.807) is 19.6 Å². The number of fused-ring (bicyclic) bond motifs is 1. The van der Waals surface area contributed by atoms with Crippen LogP contribution in [0.25, 0.3) is 33.5 Å². The van der Waals surface area contributed by atoms with Gasteiger partial charge in [0.15, 0.2) is 0 Å². The first-order valence-electron chi connectivity index (χ1n) is 10.5. The zero-order valence-electron chi connectivity index (χ0n) is 18.0. The molecule has 2 aromatic carbocycles. The molecule has 5 rings (SSSR count). The number of benzene rings is 2. The molecular weight excluding hydrogens is 400 g/mol. The summed E-state index contributed by atoms with van der Waals surface area (Å²) in [7, 11) is 1.71. The number of H-pyrrole nitrogens is 1. The lowest BCUT2D eigenvalue weighted by Crippen LogP contribution is -2.12. The van der Waals surface area contributed by atoms with Gasteiger partial charge in [0.25, 0.3) is 0 Å². The summed E-state index contributed by atoms with van der Waals surface area (Å²) in [5.41, 5.74) is 5.32. The molecule has 0 saturated carbocycles. The molecule has 3 aromatic heterocycles. The van der Waals surface area contributed by atoms with Crippen molar-refractivity contribution < 1.29 is 4.74 Å². The van der Waals surface area contributed by atoms with Crippen LogP contribution in [0, 0.1) is 6.92 Å². The topological polar surface area (TPSA) is 80.6 Å². The number of rotatable bonds is 7. The molecule has 2 N–H and O–H groups in total. The van der Waals surface area contributed by atoms with E-state index in [9.17, 15) is 0 Å². The second-order valence-corrected chi connectivity index (χ2v) is 7.56. The molecule has 0 bridgehead atoms. The zero-order chi connectivity index (χ0) is 21.9. The maximum absolute atomic E-state index is 5.50. The van der Waals surface area contributed by atoms with Crippen molar-refractivity contribution in [3.05, 3.63) is 79.0 Å². The van der Waals surface area contributed by atoms with Crippen molar-refractivity contribution in [1.82, 2.24) is 24.5 Å². The van der Waals surface area contributed by atoms with Crippen molar-refractivity contribution in [2.75, 3.05) is 19.0 Å². The van der Waals surface area contributed by atoms with Crippen molar-refractivity contribution >= 4 is 16.7 Å². The number of aryl methyl sites for hydroxylation is 1. The Bertz CT molecular complexity index is 1340. The van der Waals surface area contributed by atoms with Gasteiger partial charge in [-0.05, 0) is 25.1 Å². The van der Waals surface area contributed by atoms with E-state index in [4.69, 9.17) is 4.74 Å². The molecule has 5 aromatic rings. The number of imidazole rings is 1. The molecule has 7 heteroatoms. The lowest BCUT2D eigenvalue weighted by Gasteiger charge is -2.11. The average molecular weight is 425 g/mol. The Morgan fingerprint density at radius 2 is 1.84 bits per heavy atom. The predicted molar refractivity (Wildman–Crippen MR) is 127 cm³/mol. The standard InChI is InChI=1S/C25H24N6O/c1-17-14-20-22(4-3-5-23(20)32-2)31(17)13-12-26-24-15-21(29-16-30-24)18-6-8-19(9-7-18)25-27-10-11-28-25/h3-11,14-16H,12-13H2,1-2H3,(H,27,28)(H,26,29,30). The van der Waals surface area contributed by atoms with Crippen molar-refractivity contribution in [2.45, 2.75) is 13.5 Å². The summed E-state index contributed by atoms with van der Waals surface area (Å²) >= 11 is 0. The molecule has 0 unspecified atom stereocenters. The fourth-order valence-corrected chi connectivity index (χ4v) is 3.99. The Morgan fingerprint density at radius 1 is 1.00 bits per heavy atom. The van der Waals surface area contributed by atoms with Gasteiger partial charge in [0.05, 0.1) is 18.3 Å². The van der Waals surface area contributed by atoms with Gasteiger partial charge in [-0.15, -0.1) is 0 Å². The van der Waals surface area contributed by atoms with Crippen LogP contribution in [0.3, 0.4) is 0 Å². The first kappa shape index (κ1) is 19.8. The minimum absolute atomic E-state index is 0.746. The van der Waals surface area contributed by atoms with Gasteiger partial charge >= 0.3 is 0 Å². The largest absolute Gasteiger partial charge is 0.496 e. The number of hydrogen-bond donors (Lipinski definition) is 2. The van der Waals surface area contributed by atoms with E-state index in [-0.39, 0.29) is 0 Å². The summed E-state index contributed by atoms with van der Waals surface area (Å²) in [6, 6.07) is 18.5. The second-order valence-electron chi connectivity index (χ2n) is 7.56. The molecule has 160 valence electrons. The van der Waals surface area contributed by atoms with Crippen LogP contribution in [0.4, 0.5) is 5.82 Å². The molecule has 0 fully saturated rings. The van der Waals surface area contributed by atoms with E-state index in [1.807, 2.05) is 48.7 Å². The highest BCUT2D eigenvalue weighted by atomic mass is 16.5. The number of ether oxygens (including phenoxy) is 1. The smallest absolute Gasteiger partial charge is 0.137 e. The van der Waals surface area contributed by atoms with Gasteiger partial charge in [0, 0.05) is 53.8 Å². The van der Waals surface area contributed by atoms with Gasteiger partial charge in [-0.3, -0.25) is 0 Å². The maximum atomic E-state index is 5.50. The van der Waals surface area contributed by atoms with E-state index in [0.29, 0.717) is 0 Å². The van der Waals surface area contributed by atoms with Crippen LogP contribution in [0.1, 0.15) is 5.69 Å². The molecule has 3 heterocycles. The summed E-state index contributed by atoms with van der Waals surface area (Å²) in [5.74, 6) is 2.56. The molecular formula is C25H24N6O. The Morgan fingerprint density at radius 3 is 2.62 bits per heavy atom. The van der Waals surface area contributed by atoms with Gasteiger partial charge in [0.2, 0.25) is 0 Å². The first-order chi connectivity index (χ1) is 15.7. The second kappa shape index (κ2) is 8.55. The summed E-state index contributed by atoms with van der Waals surface area (Å²) in [6.45, 7) is 3.68. The highest BCUT2D eigenvalue weighted by Crippen LogP contribution is 2.28. The van der Waals surface area contributed by atoms with Crippen molar-refractivity contribution in [3.8, 4) is 28.4 Å². The number of anilines is 1. The third-order valence-electron chi connectivity index (χ3n) is 5.59. The van der Waals surface area contributed by atoms with E-state index in [0.717, 1.165) is 52.7 Å². The molecule has 0 aliphatic carbocycles. The molecule has 0 aliphatic rings. The Balaban J connectivity index is 1.29. The molecule has 0 spiro atoms. The van der Waals surface area contributed by atoms with Crippen molar-refractivity contribution in [2.24, 2.45) is 0 Å². The van der Waals surface area contributed by atoms with Gasteiger partial charge in [-0.2, -0.15) is 0 Å². The normalized spacial score (nSPS) is 11.1. The van der Waals surface area contributed by atoms with Crippen LogP contribution < -0.4 is 10.1 Å². The third-order valence-corrected chi connectivity index (χ3v) is 5.59. The number of aromatic amines is 1. The maximum Gasteiger partial charge on any atom is 0.137 e. The van der Waals surface area contributed by atoms with Crippen LogP contribution >= 0.6 is 0 Å². The highest BCUT2D eigenvalue weighted by molar-refractivity contribution is 5.87. The quantitative estimate of drug-likeness (QED) is 0.388.